The van der Waals surface area contributed by atoms with Crippen molar-refractivity contribution in [3.05, 3.63) is 29.3 Å². The number of carbonyl (C=O) groups is 2. The van der Waals surface area contributed by atoms with Crippen LogP contribution in [0.1, 0.15) is 83.3 Å². The highest BCUT2D eigenvalue weighted by atomic mass is 16.5. The quantitative estimate of drug-likeness (QED) is 0.679. The van der Waals surface area contributed by atoms with Gasteiger partial charge in [-0.3, -0.25) is 14.5 Å². The predicted molar refractivity (Wildman–Crippen MR) is 132 cm³/mol. The normalized spacial score (nSPS) is 31.0. The summed E-state index contributed by atoms with van der Waals surface area (Å²) < 4.78 is 6.21. The molecule has 1 saturated carbocycles. The summed E-state index contributed by atoms with van der Waals surface area (Å²) in [4.78, 5) is 37.2. The van der Waals surface area contributed by atoms with Gasteiger partial charge in [-0.15, -0.1) is 0 Å². The van der Waals surface area contributed by atoms with Gasteiger partial charge in [0.2, 0.25) is 11.8 Å². The number of hydrogen-bond donors (Lipinski definition) is 1. The van der Waals surface area contributed by atoms with E-state index in [2.05, 4.69) is 24.0 Å². The SMILES string of the molecule is CC[C@@]12CCCCc3ccc4c(c3)C(=NC(=O)C3CC(C3)CN(C(=O)C1)C(N)=N2)CC(C)(C)O4. The summed E-state index contributed by atoms with van der Waals surface area (Å²) in [5, 5.41) is 0. The molecule has 0 radical (unpaired) electrons. The minimum Gasteiger partial charge on any atom is -0.487 e. The van der Waals surface area contributed by atoms with Gasteiger partial charge in [-0.1, -0.05) is 19.4 Å². The minimum absolute atomic E-state index is 0.0574. The van der Waals surface area contributed by atoms with Crippen LogP contribution in [0.2, 0.25) is 0 Å². The summed E-state index contributed by atoms with van der Waals surface area (Å²) in [6.07, 6.45) is 7.05. The maximum absolute atomic E-state index is 13.1. The highest BCUT2D eigenvalue weighted by Crippen LogP contribution is 2.39. The largest absolute Gasteiger partial charge is 0.487 e. The van der Waals surface area contributed by atoms with Crippen molar-refractivity contribution >= 4 is 23.5 Å². The first-order chi connectivity index (χ1) is 16.2. The number of benzene rings is 1. The number of guanidine groups is 1. The second kappa shape index (κ2) is 8.51. The van der Waals surface area contributed by atoms with Gasteiger partial charge in [0.15, 0.2) is 5.96 Å². The highest BCUT2D eigenvalue weighted by molar-refractivity contribution is 6.09. The Morgan fingerprint density at radius 3 is 2.71 bits per heavy atom. The molecule has 7 heteroatoms. The first kappa shape index (κ1) is 23.1. The Hall–Kier alpha value is -2.70. The smallest absolute Gasteiger partial charge is 0.249 e. The van der Waals surface area contributed by atoms with Gasteiger partial charge in [-0.25, -0.2) is 9.98 Å². The van der Waals surface area contributed by atoms with Gasteiger partial charge in [0.1, 0.15) is 11.4 Å². The summed E-state index contributed by atoms with van der Waals surface area (Å²) in [6, 6.07) is 6.29. The van der Waals surface area contributed by atoms with E-state index in [4.69, 9.17) is 15.5 Å². The fraction of sp³-hybridized carbons (Fsp3) is 0.630. The van der Waals surface area contributed by atoms with Crippen LogP contribution in [0, 0.1) is 11.8 Å². The lowest BCUT2D eigenvalue weighted by Crippen LogP contribution is -2.54. The lowest BCUT2D eigenvalue weighted by atomic mass is 9.74. The van der Waals surface area contributed by atoms with Crippen molar-refractivity contribution in [2.75, 3.05) is 6.54 Å². The second-order valence-electron chi connectivity index (χ2n) is 11.2. The molecular weight excluding hydrogens is 428 g/mol. The molecule has 7 nitrogen and oxygen atoms in total. The molecule has 2 amide bonds. The van der Waals surface area contributed by atoms with E-state index in [1.165, 1.54) is 5.56 Å². The lowest BCUT2D eigenvalue weighted by molar-refractivity contribution is -0.131. The summed E-state index contributed by atoms with van der Waals surface area (Å²) >= 11 is 0. The number of nitrogens with zero attached hydrogens (tertiary/aromatic N) is 3. The van der Waals surface area contributed by atoms with E-state index < -0.39 is 11.1 Å². The van der Waals surface area contributed by atoms with Crippen molar-refractivity contribution in [1.82, 2.24) is 4.90 Å². The van der Waals surface area contributed by atoms with Crippen LogP contribution in [0.3, 0.4) is 0 Å². The monoisotopic (exact) mass is 464 g/mol. The van der Waals surface area contributed by atoms with Gasteiger partial charge in [0, 0.05) is 24.4 Å². The number of rotatable bonds is 1. The Balaban J connectivity index is 1.46. The van der Waals surface area contributed by atoms with Crippen LogP contribution in [-0.2, 0) is 16.0 Å². The molecule has 1 atom stereocenters. The van der Waals surface area contributed by atoms with Crippen molar-refractivity contribution in [2.45, 2.75) is 89.7 Å². The van der Waals surface area contributed by atoms with Crippen LogP contribution in [0.4, 0.5) is 0 Å². The first-order valence-corrected chi connectivity index (χ1v) is 12.8. The summed E-state index contributed by atoms with van der Waals surface area (Å²) in [7, 11) is 0. The molecule has 1 aliphatic carbocycles. The van der Waals surface area contributed by atoms with Gasteiger partial charge in [-0.05, 0) is 76.0 Å². The van der Waals surface area contributed by atoms with Crippen LogP contribution in [-0.4, -0.2) is 46.1 Å². The van der Waals surface area contributed by atoms with Crippen LogP contribution < -0.4 is 10.5 Å². The van der Waals surface area contributed by atoms with Crippen molar-refractivity contribution in [1.29, 1.82) is 0 Å². The third kappa shape index (κ3) is 4.37. The maximum atomic E-state index is 13.1. The maximum Gasteiger partial charge on any atom is 0.249 e. The second-order valence-corrected chi connectivity index (χ2v) is 11.2. The van der Waals surface area contributed by atoms with Crippen molar-refractivity contribution in [2.24, 2.45) is 27.6 Å². The molecule has 34 heavy (non-hydrogen) atoms. The predicted octanol–water partition coefficient (Wildman–Crippen LogP) is 4.01. The zero-order valence-corrected chi connectivity index (χ0v) is 20.6. The molecule has 1 aromatic carbocycles. The topological polar surface area (TPSA) is 97.4 Å². The van der Waals surface area contributed by atoms with Crippen molar-refractivity contribution in [3.63, 3.8) is 0 Å². The van der Waals surface area contributed by atoms with Crippen LogP contribution in [0.15, 0.2) is 28.2 Å². The van der Waals surface area contributed by atoms with Gasteiger partial charge in [-0.2, -0.15) is 0 Å². The van der Waals surface area contributed by atoms with Crippen LogP contribution in [0.5, 0.6) is 5.75 Å². The van der Waals surface area contributed by atoms with Gasteiger partial charge in [0.05, 0.1) is 17.7 Å². The van der Waals surface area contributed by atoms with Crippen molar-refractivity contribution < 1.29 is 14.3 Å². The number of aliphatic imine (C=N–C) groups is 2. The summed E-state index contributed by atoms with van der Waals surface area (Å²) in [5.41, 5.74) is 8.53. The lowest BCUT2D eigenvalue weighted by Gasteiger charge is -2.41. The van der Waals surface area contributed by atoms with E-state index in [0.29, 0.717) is 25.3 Å². The summed E-state index contributed by atoms with van der Waals surface area (Å²) in [6.45, 7) is 6.72. The molecule has 0 aromatic heterocycles. The third-order valence-electron chi connectivity index (χ3n) is 8.03. The number of hydrogen-bond acceptors (Lipinski definition) is 5. The molecule has 1 aromatic rings. The number of aryl methyl sites for hydroxylation is 1. The van der Waals surface area contributed by atoms with E-state index in [1.54, 1.807) is 4.90 Å². The molecule has 5 heterocycles. The van der Waals surface area contributed by atoms with Crippen LogP contribution in [0.25, 0.3) is 0 Å². The zero-order valence-electron chi connectivity index (χ0n) is 20.6. The molecular formula is C27H36N4O3. The van der Waals surface area contributed by atoms with E-state index in [9.17, 15) is 9.59 Å². The molecule has 5 aliphatic heterocycles. The molecule has 0 unspecified atom stereocenters. The Labute approximate surface area is 201 Å². The standard InChI is InChI=1S/C27H36N4O3/c1-4-27-10-6-5-7-17-8-9-22-20(13-17)21(14-26(2,3)34-22)29-24(33)19-11-18(12-19)16-31(23(32)15-27)25(28)30-27/h8-9,13,18-19H,4-7,10-12,14-16H2,1-3H3,(H2,28,30)/t18?,19?,27-/m1/s1. The van der Waals surface area contributed by atoms with Crippen molar-refractivity contribution in [3.8, 4) is 5.75 Å². The number of amides is 2. The van der Waals surface area contributed by atoms with Crippen LogP contribution >= 0.6 is 0 Å². The molecule has 182 valence electrons. The number of carbonyl (C=O) groups excluding carboxylic acids is 2. The average Bonchev–Trinajstić information content (AvgIpc) is 2.74. The third-order valence-corrected chi connectivity index (χ3v) is 8.03. The fourth-order valence-electron chi connectivity index (χ4n) is 5.90. The molecule has 0 saturated heterocycles. The number of ether oxygens (including phenoxy) is 1. The van der Waals surface area contributed by atoms with Gasteiger partial charge >= 0.3 is 0 Å². The van der Waals surface area contributed by atoms with E-state index >= 15 is 0 Å². The molecule has 6 bridgehead atoms. The molecule has 6 aliphatic rings. The molecule has 0 spiro atoms. The van der Waals surface area contributed by atoms with Gasteiger partial charge < -0.3 is 10.5 Å². The Bertz CT molecular complexity index is 1070. The van der Waals surface area contributed by atoms with Gasteiger partial charge in [0.25, 0.3) is 0 Å². The fourth-order valence-corrected chi connectivity index (χ4v) is 5.90. The zero-order chi connectivity index (χ0) is 24.1. The first-order valence-electron chi connectivity index (χ1n) is 12.8. The Morgan fingerprint density at radius 2 is 1.97 bits per heavy atom. The van der Waals surface area contributed by atoms with E-state index in [-0.39, 0.29) is 23.7 Å². The molecule has 7 rings (SSSR count). The number of nitrogens with two attached hydrogens (primary N) is 1. The van der Waals surface area contributed by atoms with E-state index in [1.807, 2.05) is 19.9 Å². The summed E-state index contributed by atoms with van der Waals surface area (Å²) in [5.74, 6) is 1.32. The highest BCUT2D eigenvalue weighted by Gasteiger charge is 2.42. The average molecular weight is 465 g/mol. The van der Waals surface area contributed by atoms with E-state index in [0.717, 1.165) is 62.0 Å². The Kier molecular flexibility index (Phi) is 5.77. The molecule has 1 fully saturated rings. The minimum atomic E-state index is -0.398. The molecule has 2 N–H and O–H groups in total. The Morgan fingerprint density at radius 1 is 1.18 bits per heavy atom.